The Morgan fingerprint density at radius 2 is 2.14 bits per heavy atom. The van der Waals surface area contributed by atoms with Gasteiger partial charge in [0.15, 0.2) is 5.82 Å². The van der Waals surface area contributed by atoms with Gasteiger partial charge >= 0.3 is 0 Å². The number of carbonyl (C=O) groups is 2. The smallest absolute Gasteiger partial charge is 0.257 e. The zero-order valence-electron chi connectivity index (χ0n) is 16.9. The normalized spacial score (nSPS) is 17.5. The predicted molar refractivity (Wildman–Crippen MR) is 102 cm³/mol. The third-order valence-corrected chi connectivity index (χ3v) is 5.60. The van der Waals surface area contributed by atoms with Gasteiger partial charge in [-0.15, -0.1) is 0 Å². The van der Waals surface area contributed by atoms with Crippen LogP contribution in [-0.4, -0.2) is 45.0 Å². The van der Waals surface area contributed by atoms with Crippen LogP contribution in [0.25, 0.3) is 0 Å². The molecule has 2 aliphatic rings. The van der Waals surface area contributed by atoms with Crippen LogP contribution in [0, 0.1) is 0 Å². The molecule has 4 rings (SSSR count). The van der Waals surface area contributed by atoms with Crippen LogP contribution in [0.2, 0.25) is 0 Å². The summed E-state index contributed by atoms with van der Waals surface area (Å²) < 4.78 is 10.5. The van der Waals surface area contributed by atoms with Crippen molar-refractivity contribution >= 4 is 11.8 Å². The first-order valence-electron chi connectivity index (χ1n) is 10.0. The van der Waals surface area contributed by atoms with Gasteiger partial charge in [0.05, 0.1) is 24.9 Å². The summed E-state index contributed by atoms with van der Waals surface area (Å²) in [5, 5.41) is 6.66. The number of rotatable bonds is 6. The van der Waals surface area contributed by atoms with Crippen LogP contribution < -0.4 is 10.1 Å². The van der Waals surface area contributed by atoms with Crippen molar-refractivity contribution < 1.29 is 18.8 Å². The van der Waals surface area contributed by atoms with Crippen LogP contribution in [0.5, 0.6) is 5.88 Å². The van der Waals surface area contributed by atoms with Crippen LogP contribution in [0.1, 0.15) is 83.7 Å². The number of carbonyl (C=O) groups excluding carboxylic acids is 2. The lowest BCUT2D eigenvalue weighted by molar-refractivity contribution is 0.0706. The van der Waals surface area contributed by atoms with Crippen LogP contribution in [0.15, 0.2) is 10.6 Å². The second kappa shape index (κ2) is 7.81. The Morgan fingerprint density at radius 1 is 1.38 bits per heavy atom. The minimum absolute atomic E-state index is 0.0614. The zero-order chi connectivity index (χ0) is 20.5. The molecule has 1 fully saturated rings. The van der Waals surface area contributed by atoms with Gasteiger partial charge < -0.3 is 19.5 Å². The third-order valence-electron chi connectivity index (χ3n) is 5.60. The van der Waals surface area contributed by atoms with E-state index in [2.05, 4.69) is 20.4 Å². The fourth-order valence-corrected chi connectivity index (χ4v) is 3.98. The number of pyridine rings is 1. The largest absolute Gasteiger partial charge is 0.480 e. The summed E-state index contributed by atoms with van der Waals surface area (Å²) in [5.74, 6) is 0.637. The van der Waals surface area contributed by atoms with Gasteiger partial charge in [-0.2, -0.15) is 4.98 Å². The molecule has 2 aromatic rings. The number of amides is 2. The standard InChI is InChI=1S/C20H25N5O4/c1-4-16-23-18(29-24-16)11(2)21-17(26)14-9-13-15(22-19(14)28-3)10-25(20(13)27)12-7-5-6-8-12/h9,11-12H,4-8,10H2,1-3H3,(H,21,26). The summed E-state index contributed by atoms with van der Waals surface area (Å²) in [6.45, 7) is 4.14. The van der Waals surface area contributed by atoms with E-state index < -0.39 is 11.9 Å². The summed E-state index contributed by atoms with van der Waals surface area (Å²) in [6, 6.07) is 1.36. The molecule has 0 bridgehead atoms. The fourth-order valence-electron chi connectivity index (χ4n) is 3.98. The van der Waals surface area contributed by atoms with E-state index in [0.717, 1.165) is 25.7 Å². The highest BCUT2D eigenvalue weighted by molar-refractivity contribution is 6.03. The highest BCUT2D eigenvalue weighted by Crippen LogP contribution is 2.33. The lowest BCUT2D eigenvalue weighted by Gasteiger charge is -2.22. The van der Waals surface area contributed by atoms with E-state index in [1.54, 1.807) is 13.0 Å². The van der Waals surface area contributed by atoms with Crippen molar-refractivity contribution in [2.45, 2.75) is 64.6 Å². The van der Waals surface area contributed by atoms with Gasteiger partial charge in [0.1, 0.15) is 11.6 Å². The number of methoxy groups -OCH3 is 1. The molecule has 0 radical (unpaired) electrons. The molecule has 1 aliphatic carbocycles. The van der Waals surface area contributed by atoms with Gasteiger partial charge in [0.2, 0.25) is 11.8 Å². The highest BCUT2D eigenvalue weighted by Gasteiger charge is 2.36. The molecule has 1 saturated carbocycles. The topological polar surface area (TPSA) is 110 Å². The Hall–Kier alpha value is -2.97. The highest BCUT2D eigenvalue weighted by atomic mass is 16.5. The minimum Gasteiger partial charge on any atom is -0.480 e. The Kier molecular flexibility index (Phi) is 5.21. The van der Waals surface area contributed by atoms with Gasteiger partial charge in [0.25, 0.3) is 11.8 Å². The van der Waals surface area contributed by atoms with Crippen molar-refractivity contribution in [3.05, 3.63) is 34.6 Å². The lowest BCUT2D eigenvalue weighted by Crippen LogP contribution is -2.33. The number of aryl methyl sites for hydroxylation is 1. The third kappa shape index (κ3) is 3.56. The first kappa shape index (κ1) is 19.4. The summed E-state index contributed by atoms with van der Waals surface area (Å²) >= 11 is 0. The van der Waals surface area contributed by atoms with E-state index in [0.29, 0.717) is 35.9 Å². The number of fused-ring (bicyclic) bond motifs is 1. The molecule has 9 nitrogen and oxygen atoms in total. The number of hydrogen-bond acceptors (Lipinski definition) is 7. The van der Waals surface area contributed by atoms with Gasteiger partial charge in [-0.25, -0.2) is 4.98 Å². The second-order valence-corrected chi connectivity index (χ2v) is 7.51. The zero-order valence-corrected chi connectivity index (χ0v) is 16.9. The molecular formula is C20H25N5O4. The van der Waals surface area contributed by atoms with Crippen LogP contribution in [0.3, 0.4) is 0 Å². The molecule has 0 spiro atoms. The van der Waals surface area contributed by atoms with E-state index in [1.807, 2.05) is 11.8 Å². The maximum atomic E-state index is 12.9. The molecule has 29 heavy (non-hydrogen) atoms. The van der Waals surface area contributed by atoms with Crippen molar-refractivity contribution in [1.29, 1.82) is 0 Å². The van der Waals surface area contributed by atoms with E-state index in [4.69, 9.17) is 9.26 Å². The Labute approximate surface area is 168 Å². The molecule has 0 saturated heterocycles. The van der Waals surface area contributed by atoms with Gasteiger partial charge in [-0.1, -0.05) is 24.9 Å². The molecule has 1 unspecified atom stereocenters. The summed E-state index contributed by atoms with van der Waals surface area (Å²) in [5.41, 5.74) is 1.35. The predicted octanol–water partition coefficient (Wildman–Crippen LogP) is 2.43. The van der Waals surface area contributed by atoms with Gasteiger partial charge in [0, 0.05) is 12.5 Å². The van der Waals surface area contributed by atoms with Crippen molar-refractivity contribution in [2.24, 2.45) is 0 Å². The molecular weight excluding hydrogens is 374 g/mol. The van der Waals surface area contributed by atoms with Crippen molar-refractivity contribution in [3.8, 4) is 5.88 Å². The van der Waals surface area contributed by atoms with E-state index >= 15 is 0 Å². The van der Waals surface area contributed by atoms with E-state index in [1.165, 1.54) is 7.11 Å². The maximum absolute atomic E-state index is 12.9. The minimum atomic E-state index is -0.487. The average molecular weight is 399 g/mol. The first-order chi connectivity index (χ1) is 14.0. The molecule has 3 heterocycles. The van der Waals surface area contributed by atoms with Gasteiger partial charge in [-0.3, -0.25) is 9.59 Å². The molecule has 0 aromatic carbocycles. The quantitative estimate of drug-likeness (QED) is 0.794. The number of hydrogen-bond donors (Lipinski definition) is 1. The Balaban J connectivity index is 1.56. The van der Waals surface area contributed by atoms with Crippen LogP contribution >= 0.6 is 0 Å². The van der Waals surface area contributed by atoms with Crippen molar-refractivity contribution in [2.75, 3.05) is 7.11 Å². The molecule has 1 aliphatic heterocycles. The lowest BCUT2D eigenvalue weighted by atomic mass is 10.1. The average Bonchev–Trinajstić information content (AvgIpc) is 3.47. The maximum Gasteiger partial charge on any atom is 0.257 e. The fraction of sp³-hybridized carbons (Fsp3) is 0.550. The molecule has 1 N–H and O–H groups in total. The van der Waals surface area contributed by atoms with Gasteiger partial charge in [-0.05, 0) is 25.8 Å². The monoisotopic (exact) mass is 399 g/mol. The second-order valence-electron chi connectivity index (χ2n) is 7.51. The van der Waals surface area contributed by atoms with Crippen molar-refractivity contribution in [1.82, 2.24) is 25.3 Å². The number of nitrogens with one attached hydrogen (secondary N) is 1. The SMILES string of the molecule is CCc1noc(C(C)NC(=O)c2cc3c(nc2OC)CN(C2CCCC2)C3=O)n1. The summed E-state index contributed by atoms with van der Waals surface area (Å²) in [6.07, 6.45) is 4.97. The first-order valence-corrected chi connectivity index (χ1v) is 10.0. The Morgan fingerprint density at radius 3 is 2.79 bits per heavy atom. The molecule has 154 valence electrons. The molecule has 2 aromatic heterocycles. The van der Waals surface area contributed by atoms with E-state index in [9.17, 15) is 9.59 Å². The summed E-state index contributed by atoms with van der Waals surface area (Å²) in [4.78, 5) is 36.4. The number of aromatic nitrogens is 3. The molecule has 9 heteroatoms. The van der Waals surface area contributed by atoms with Crippen LogP contribution in [0.4, 0.5) is 0 Å². The summed E-state index contributed by atoms with van der Waals surface area (Å²) in [7, 11) is 1.46. The Bertz CT molecular complexity index is 935. The van der Waals surface area contributed by atoms with E-state index in [-0.39, 0.29) is 23.4 Å². The molecule has 2 amide bonds. The number of ether oxygens (including phenoxy) is 1. The molecule has 1 atom stereocenters. The number of nitrogens with zero attached hydrogens (tertiary/aromatic N) is 4. The van der Waals surface area contributed by atoms with Crippen LogP contribution in [-0.2, 0) is 13.0 Å². The van der Waals surface area contributed by atoms with Crippen molar-refractivity contribution in [3.63, 3.8) is 0 Å².